The first-order valence-corrected chi connectivity index (χ1v) is 6.23. The van der Waals surface area contributed by atoms with Gasteiger partial charge in [-0.3, -0.25) is 0 Å². The summed E-state index contributed by atoms with van der Waals surface area (Å²) in [5.74, 6) is 0.462. The SMILES string of the molecule is Cc1ccccc1-c1nc(N)sc1C(C)C. The molecule has 84 valence electrons. The largest absolute Gasteiger partial charge is 0.375 e. The third-order valence-corrected chi connectivity index (χ3v) is 3.78. The van der Waals surface area contributed by atoms with Gasteiger partial charge in [0.15, 0.2) is 5.13 Å². The lowest BCUT2D eigenvalue weighted by molar-refractivity contribution is 0.888. The molecule has 0 unspecified atom stereocenters. The van der Waals surface area contributed by atoms with Crippen molar-refractivity contribution in [2.75, 3.05) is 5.73 Å². The maximum absolute atomic E-state index is 5.81. The minimum absolute atomic E-state index is 0.462. The molecule has 0 aliphatic heterocycles. The number of thiazole rings is 1. The number of benzene rings is 1. The highest BCUT2D eigenvalue weighted by molar-refractivity contribution is 7.15. The molecule has 3 heteroatoms. The van der Waals surface area contributed by atoms with Crippen LogP contribution in [0.5, 0.6) is 0 Å². The summed E-state index contributed by atoms with van der Waals surface area (Å²) in [5, 5.41) is 0.655. The predicted molar refractivity (Wildman–Crippen MR) is 70.8 cm³/mol. The average Bonchev–Trinajstić information content (AvgIpc) is 2.61. The van der Waals surface area contributed by atoms with Crippen LogP contribution in [0.25, 0.3) is 11.3 Å². The van der Waals surface area contributed by atoms with Crippen LogP contribution in [0.2, 0.25) is 0 Å². The van der Waals surface area contributed by atoms with Crippen LogP contribution in [0, 0.1) is 6.92 Å². The predicted octanol–water partition coefficient (Wildman–Crippen LogP) is 3.82. The molecule has 0 saturated heterocycles. The Hall–Kier alpha value is -1.35. The number of hydrogen-bond donors (Lipinski definition) is 1. The van der Waals surface area contributed by atoms with Gasteiger partial charge >= 0.3 is 0 Å². The average molecular weight is 232 g/mol. The van der Waals surface area contributed by atoms with E-state index < -0.39 is 0 Å². The Labute approximate surface area is 100 Å². The van der Waals surface area contributed by atoms with Gasteiger partial charge in [-0.2, -0.15) is 0 Å². The molecular formula is C13H16N2S. The Morgan fingerprint density at radius 1 is 1.25 bits per heavy atom. The topological polar surface area (TPSA) is 38.9 Å². The lowest BCUT2D eigenvalue weighted by Gasteiger charge is -2.07. The van der Waals surface area contributed by atoms with E-state index in [0.29, 0.717) is 11.0 Å². The van der Waals surface area contributed by atoms with Crippen molar-refractivity contribution in [1.82, 2.24) is 4.98 Å². The van der Waals surface area contributed by atoms with E-state index in [4.69, 9.17) is 5.73 Å². The molecule has 0 bridgehead atoms. The standard InChI is InChI=1S/C13H16N2S/c1-8(2)12-11(15-13(14)16-12)10-7-5-4-6-9(10)3/h4-8H,1-3H3,(H2,14,15). The minimum atomic E-state index is 0.462. The number of nitrogen functional groups attached to an aromatic ring is 1. The summed E-state index contributed by atoms with van der Waals surface area (Å²) in [6.45, 7) is 6.46. The molecule has 0 fully saturated rings. The molecule has 1 aromatic heterocycles. The summed E-state index contributed by atoms with van der Waals surface area (Å²) >= 11 is 1.59. The molecule has 2 N–H and O–H groups in total. The molecule has 2 nitrogen and oxygen atoms in total. The second kappa shape index (κ2) is 4.26. The van der Waals surface area contributed by atoms with Crippen LogP contribution in [-0.2, 0) is 0 Å². The van der Waals surface area contributed by atoms with E-state index in [1.54, 1.807) is 11.3 Å². The van der Waals surface area contributed by atoms with Crippen molar-refractivity contribution >= 4 is 16.5 Å². The Kier molecular flexibility index (Phi) is 2.97. The van der Waals surface area contributed by atoms with Crippen molar-refractivity contribution in [3.05, 3.63) is 34.7 Å². The van der Waals surface area contributed by atoms with E-state index in [1.807, 2.05) is 12.1 Å². The van der Waals surface area contributed by atoms with Crippen molar-refractivity contribution in [2.45, 2.75) is 26.7 Å². The summed E-state index contributed by atoms with van der Waals surface area (Å²) in [6.07, 6.45) is 0. The second-order valence-electron chi connectivity index (χ2n) is 4.23. The highest BCUT2D eigenvalue weighted by Gasteiger charge is 2.15. The lowest BCUT2D eigenvalue weighted by atomic mass is 10.0. The van der Waals surface area contributed by atoms with E-state index in [1.165, 1.54) is 16.0 Å². The van der Waals surface area contributed by atoms with Crippen molar-refractivity contribution in [3.8, 4) is 11.3 Å². The van der Waals surface area contributed by atoms with E-state index in [2.05, 4.69) is 37.9 Å². The first-order chi connectivity index (χ1) is 7.59. The Morgan fingerprint density at radius 2 is 1.94 bits per heavy atom. The van der Waals surface area contributed by atoms with Gasteiger partial charge in [-0.25, -0.2) is 4.98 Å². The Bertz CT molecular complexity index is 500. The molecule has 0 aliphatic carbocycles. The third kappa shape index (κ3) is 1.95. The van der Waals surface area contributed by atoms with Crippen LogP contribution < -0.4 is 5.73 Å². The summed E-state index contributed by atoms with van der Waals surface area (Å²) in [6, 6.07) is 8.30. The Morgan fingerprint density at radius 3 is 2.56 bits per heavy atom. The number of anilines is 1. The molecule has 0 atom stereocenters. The number of nitrogens with two attached hydrogens (primary N) is 1. The molecule has 0 amide bonds. The smallest absolute Gasteiger partial charge is 0.180 e. The van der Waals surface area contributed by atoms with Crippen LogP contribution in [-0.4, -0.2) is 4.98 Å². The van der Waals surface area contributed by atoms with Crippen LogP contribution in [0.15, 0.2) is 24.3 Å². The summed E-state index contributed by atoms with van der Waals surface area (Å²) < 4.78 is 0. The maximum atomic E-state index is 5.81. The zero-order valence-electron chi connectivity index (χ0n) is 9.82. The molecule has 0 saturated carbocycles. The van der Waals surface area contributed by atoms with Gasteiger partial charge in [0.2, 0.25) is 0 Å². The second-order valence-corrected chi connectivity index (χ2v) is 5.30. The highest BCUT2D eigenvalue weighted by atomic mass is 32.1. The van der Waals surface area contributed by atoms with Gasteiger partial charge in [-0.05, 0) is 18.4 Å². The van der Waals surface area contributed by atoms with Gasteiger partial charge in [0.05, 0.1) is 5.69 Å². The fraction of sp³-hybridized carbons (Fsp3) is 0.308. The molecule has 0 spiro atoms. The maximum Gasteiger partial charge on any atom is 0.180 e. The molecule has 1 aromatic carbocycles. The zero-order chi connectivity index (χ0) is 11.7. The van der Waals surface area contributed by atoms with Gasteiger partial charge in [0.25, 0.3) is 0 Å². The number of aromatic nitrogens is 1. The number of nitrogens with zero attached hydrogens (tertiary/aromatic N) is 1. The van der Waals surface area contributed by atoms with E-state index in [-0.39, 0.29) is 0 Å². The van der Waals surface area contributed by atoms with Gasteiger partial charge in [0.1, 0.15) is 0 Å². The first kappa shape index (κ1) is 11.1. The number of hydrogen-bond acceptors (Lipinski definition) is 3. The van der Waals surface area contributed by atoms with E-state index >= 15 is 0 Å². The highest BCUT2D eigenvalue weighted by Crippen LogP contribution is 2.36. The normalized spacial score (nSPS) is 11.0. The van der Waals surface area contributed by atoms with E-state index in [0.717, 1.165) is 5.69 Å². The van der Waals surface area contributed by atoms with Crippen LogP contribution in [0.1, 0.15) is 30.2 Å². The molecule has 16 heavy (non-hydrogen) atoms. The van der Waals surface area contributed by atoms with Gasteiger partial charge in [0, 0.05) is 10.4 Å². The van der Waals surface area contributed by atoms with Gasteiger partial charge in [-0.15, -0.1) is 11.3 Å². The number of aryl methyl sites for hydroxylation is 1. The van der Waals surface area contributed by atoms with Gasteiger partial charge in [-0.1, -0.05) is 38.1 Å². The summed E-state index contributed by atoms with van der Waals surface area (Å²) in [5.41, 5.74) is 9.30. The van der Waals surface area contributed by atoms with Crippen molar-refractivity contribution in [1.29, 1.82) is 0 Å². The van der Waals surface area contributed by atoms with Crippen molar-refractivity contribution < 1.29 is 0 Å². The number of rotatable bonds is 2. The zero-order valence-corrected chi connectivity index (χ0v) is 10.6. The van der Waals surface area contributed by atoms with Crippen molar-refractivity contribution in [2.24, 2.45) is 0 Å². The molecule has 2 aromatic rings. The monoisotopic (exact) mass is 232 g/mol. The van der Waals surface area contributed by atoms with Crippen LogP contribution in [0.4, 0.5) is 5.13 Å². The molecule has 2 rings (SSSR count). The molecular weight excluding hydrogens is 216 g/mol. The fourth-order valence-electron chi connectivity index (χ4n) is 1.77. The molecule has 0 radical (unpaired) electrons. The van der Waals surface area contributed by atoms with Gasteiger partial charge < -0.3 is 5.73 Å². The summed E-state index contributed by atoms with van der Waals surface area (Å²) in [7, 11) is 0. The van der Waals surface area contributed by atoms with E-state index in [9.17, 15) is 0 Å². The molecule has 1 heterocycles. The Balaban J connectivity index is 2.60. The quantitative estimate of drug-likeness (QED) is 0.854. The van der Waals surface area contributed by atoms with Crippen molar-refractivity contribution in [3.63, 3.8) is 0 Å². The minimum Gasteiger partial charge on any atom is -0.375 e. The van der Waals surface area contributed by atoms with Crippen LogP contribution >= 0.6 is 11.3 Å². The van der Waals surface area contributed by atoms with Crippen LogP contribution in [0.3, 0.4) is 0 Å². The first-order valence-electron chi connectivity index (χ1n) is 5.41. The molecule has 0 aliphatic rings. The lowest BCUT2D eigenvalue weighted by Crippen LogP contribution is -1.90. The fourth-order valence-corrected chi connectivity index (χ4v) is 2.62. The summed E-state index contributed by atoms with van der Waals surface area (Å²) in [4.78, 5) is 5.73. The third-order valence-electron chi connectivity index (χ3n) is 2.59.